The third-order valence-corrected chi connectivity index (χ3v) is 6.13. The number of aromatic nitrogens is 6. The summed E-state index contributed by atoms with van der Waals surface area (Å²) < 4.78 is 13.0. The number of nitrogens with one attached hydrogen (secondary N) is 2. The normalized spacial score (nSPS) is 11.2. The number of hydrogen-bond donors (Lipinski definition) is 2. The van der Waals surface area contributed by atoms with Crippen LogP contribution in [0.2, 0.25) is 0 Å². The van der Waals surface area contributed by atoms with Crippen LogP contribution in [0.5, 0.6) is 11.5 Å². The maximum Gasteiger partial charge on any atom is 0.137 e. The van der Waals surface area contributed by atoms with E-state index >= 15 is 0 Å². The molecule has 3 aromatic heterocycles. The van der Waals surface area contributed by atoms with E-state index in [0.717, 1.165) is 59.1 Å². The number of hydrogen-bond acceptors (Lipinski definition) is 5. The highest BCUT2D eigenvalue weighted by atomic mass is 16.5. The van der Waals surface area contributed by atoms with E-state index in [-0.39, 0.29) is 0 Å². The second-order valence-corrected chi connectivity index (χ2v) is 8.29. The first-order chi connectivity index (χ1) is 16.7. The molecule has 0 saturated carbocycles. The summed E-state index contributed by atoms with van der Waals surface area (Å²) in [5.74, 6) is 3.61. The van der Waals surface area contributed by atoms with Crippen molar-refractivity contribution in [2.24, 2.45) is 0 Å². The SMILES string of the molecule is COc1ccc(Cc2nnc(Cc3c[nH]c4ccc(OC)cc34)n2CCCc2cnc[nH]2)cc1. The summed E-state index contributed by atoms with van der Waals surface area (Å²) >= 11 is 0. The van der Waals surface area contributed by atoms with E-state index in [2.05, 4.69) is 54.1 Å². The maximum absolute atomic E-state index is 5.43. The zero-order valence-corrected chi connectivity index (χ0v) is 19.4. The van der Waals surface area contributed by atoms with Gasteiger partial charge < -0.3 is 24.0 Å². The number of imidazole rings is 1. The van der Waals surface area contributed by atoms with Gasteiger partial charge in [-0.2, -0.15) is 0 Å². The standard InChI is InChI=1S/C26H28N6O2/c1-33-21-7-5-18(6-8-21)12-25-30-31-26(32(25)11-3-4-20-16-27-17-29-20)13-19-15-28-24-10-9-22(34-2)14-23(19)24/h5-10,14-17,28H,3-4,11-13H2,1-2H3,(H,27,29). The molecule has 8 heteroatoms. The molecule has 5 aromatic rings. The first-order valence-corrected chi connectivity index (χ1v) is 11.4. The summed E-state index contributed by atoms with van der Waals surface area (Å²) in [5.41, 5.74) is 4.56. The van der Waals surface area contributed by atoms with E-state index in [1.807, 2.05) is 30.5 Å². The molecule has 0 amide bonds. The Labute approximate surface area is 198 Å². The molecule has 0 spiro atoms. The molecule has 34 heavy (non-hydrogen) atoms. The zero-order valence-electron chi connectivity index (χ0n) is 19.4. The Hall–Kier alpha value is -4.07. The average Bonchev–Trinajstić information content (AvgIpc) is 3.62. The van der Waals surface area contributed by atoms with Crippen LogP contribution in [-0.2, 0) is 25.8 Å². The summed E-state index contributed by atoms with van der Waals surface area (Å²) in [7, 11) is 3.37. The first kappa shape index (κ1) is 21.8. The molecule has 0 saturated heterocycles. The van der Waals surface area contributed by atoms with Crippen LogP contribution in [0.3, 0.4) is 0 Å². The largest absolute Gasteiger partial charge is 0.497 e. The second-order valence-electron chi connectivity index (χ2n) is 8.29. The van der Waals surface area contributed by atoms with Gasteiger partial charge in [-0.25, -0.2) is 4.98 Å². The topological polar surface area (TPSA) is 93.6 Å². The van der Waals surface area contributed by atoms with Gasteiger partial charge in [-0.3, -0.25) is 0 Å². The molecule has 5 rings (SSSR count). The molecular weight excluding hydrogens is 428 g/mol. The lowest BCUT2D eigenvalue weighted by Gasteiger charge is -2.11. The van der Waals surface area contributed by atoms with E-state index in [9.17, 15) is 0 Å². The molecule has 0 aliphatic carbocycles. The Balaban J connectivity index is 1.42. The van der Waals surface area contributed by atoms with Gasteiger partial charge in [-0.05, 0) is 54.3 Å². The molecule has 0 atom stereocenters. The zero-order chi connectivity index (χ0) is 23.3. The van der Waals surface area contributed by atoms with Gasteiger partial charge in [0, 0.05) is 48.4 Å². The highest BCUT2D eigenvalue weighted by Gasteiger charge is 2.16. The number of benzene rings is 2. The van der Waals surface area contributed by atoms with Crippen molar-refractivity contribution < 1.29 is 9.47 Å². The average molecular weight is 457 g/mol. The molecule has 0 aliphatic rings. The van der Waals surface area contributed by atoms with Crippen LogP contribution in [0.15, 0.2) is 61.2 Å². The number of H-pyrrole nitrogens is 2. The van der Waals surface area contributed by atoms with Crippen LogP contribution in [0.4, 0.5) is 0 Å². The fourth-order valence-corrected chi connectivity index (χ4v) is 4.27. The van der Waals surface area contributed by atoms with Crippen molar-refractivity contribution in [3.8, 4) is 11.5 Å². The number of rotatable bonds is 10. The van der Waals surface area contributed by atoms with Crippen molar-refractivity contribution in [2.45, 2.75) is 32.2 Å². The van der Waals surface area contributed by atoms with Gasteiger partial charge in [0.15, 0.2) is 0 Å². The van der Waals surface area contributed by atoms with E-state index in [1.165, 1.54) is 11.1 Å². The summed E-state index contributed by atoms with van der Waals surface area (Å²) in [4.78, 5) is 10.7. The summed E-state index contributed by atoms with van der Waals surface area (Å²) in [6, 6.07) is 14.2. The third-order valence-electron chi connectivity index (χ3n) is 6.13. The maximum atomic E-state index is 5.43. The Morgan fingerprint density at radius 3 is 2.38 bits per heavy atom. The molecule has 8 nitrogen and oxygen atoms in total. The van der Waals surface area contributed by atoms with Crippen LogP contribution < -0.4 is 9.47 Å². The predicted molar refractivity (Wildman–Crippen MR) is 130 cm³/mol. The van der Waals surface area contributed by atoms with Gasteiger partial charge in [0.1, 0.15) is 23.1 Å². The van der Waals surface area contributed by atoms with Crippen molar-refractivity contribution in [2.75, 3.05) is 14.2 Å². The summed E-state index contributed by atoms with van der Waals surface area (Å²) in [5, 5.41) is 10.3. The molecular formula is C26H28N6O2. The van der Waals surface area contributed by atoms with E-state index in [0.29, 0.717) is 12.8 Å². The first-order valence-electron chi connectivity index (χ1n) is 11.4. The van der Waals surface area contributed by atoms with Gasteiger partial charge >= 0.3 is 0 Å². The van der Waals surface area contributed by atoms with Crippen LogP contribution in [0.25, 0.3) is 10.9 Å². The molecule has 0 radical (unpaired) electrons. The molecule has 0 fully saturated rings. The van der Waals surface area contributed by atoms with Crippen molar-refractivity contribution >= 4 is 10.9 Å². The molecule has 0 aliphatic heterocycles. The fourth-order valence-electron chi connectivity index (χ4n) is 4.27. The predicted octanol–water partition coefficient (Wildman–Crippen LogP) is 4.31. The molecule has 174 valence electrons. The number of methoxy groups -OCH3 is 2. The minimum Gasteiger partial charge on any atom is -0.497 e. The van der Waals surface area contributed by atoms with Crippen molar-refractivity contribution in [3.05, 3.63) is 89.7 Å². The number of aryl methyl sites for hydroxylation is 1. The minimum absolute atomic E-state index is 0.687. The fraction of sp³-hybridized carbons (Fsp3) is 0.269. The van der Waals surface area contributed by atoms with Gasteiger partial charge in [-0.1, -0.05) is 12.1 Å². The lowest BCUT2D eigenvalue weighted by Crippen LogP contribution is -2.10. The second kappa shape index (κ2) is 9.82. The van der Waals surface area contributed by atoms with Crippen molar-refractivity contribution in [3.63, 3.8) is 0 Å². The van der Waals surface area contributed by atoms with Crippen LogP contribution >= 0.6 is 0 Å². The van der Waals surface area contributed by atoms with Gasteiger partial charge in [0.05, 0.1) is 20.5 Å². The smallest absolute Gasteiger partial charge is 0.137 e. The van der Waals surface area contributed by atoms with Crippen LogP contribution in [-0.4, -0.2) is 43.9 Å². The monoisotopic (exact) mass is 456 g/mol. The molecule has 3 heterocycles. The highest BCUT2D eigenvalue weighted by molar-refractivity contribution is 5.84. The van der Waals surface area contributed by atoms with Gasteiger partial charge in [0.2, 0.25) is 0 Å². The Bertz CT molecular complexity index is 1350. The third kappa shape index (κ3) is 4.66. The van der Waals surface area contributed by atoms with Gasteiger partial charge in [0.25, 0.3) is 0 Å². The van der Waals surface area contributed by atoms with E-state index in [1.54, 1.807) is 20.5 Å². The van der Waals surface area contributed by atoms with E-state index < -0.39 is 0 Å². The van der Waals surface area contributed by atoms with Crippen molar-refractivity contribution in [1.29, 1.82) is 0 Å². The number of aromatic amines is 2. The van der Waals surface area contributed by atoms with E-state index in [4.69, 9.17) is 9.47 Å². The Kier molecular flexibility index (Phi) is 6.29. The lowest BCUT2D eigenvalue weighted by atomic mass is 10.1. The number of ether oxygens (including phenoxy) is 2. The van der Waals surface area contributed by atoms with Crippen LogP contribution in [0.1, 0.15) is 34.9 Å². The molecule has 2 aromatic carbocycles. The number of nitrogens with zero attached hydrogens (tertiary/aromatic N) is 4. The number of fused-ring (bicyclic) bond motifs is 1. The molecule has 0 unspecified atom stereocenters. The van der Waals surface area contributed by atoms with Crippen molar-refractivity contribution in [1.82, 2.24) is 29.7 Å². The quantitative estimate of drug-likeness (QED) is 0.327. The van der Waals surface area contributed by atoms with Gasteiger partial charge in [-0.15, -0.1) is 10.2 Å². The Morgan fingerprint density at radius 1 is 0.882 bits per heavy atom. The Morgan fingerprint density at radius 2 is 1.65 bits per heavy atom. The summed E-state index contributed by atoms with van der Waals surface area (Å²) in [6.45, 7) is 0.832. The lowest BCUT2D eigenvalue weighted by molar-refractivity contribution is 0.414. The van der Waals surface area contributed by atoms with Crippen LogP contribution in [0, 0.1) is 0 Å². The molecule has 0 bridgehead atoms. The highest BCUT2D eigenvalue weighted by Crippen LogP contribution is 2.26. The minimum atomic E-state index is 0.687. The molecule has 2 N–H and O–H groups in total. The summed E-state index contributed by atoms with van der Waals surface area (Å²) in [6.07, 6.45) is 8.94.